The molecular formula is C14H20O5. The Morgan fingerprint density at radius 1 is 1.42 bits per heavy atom. The van der Waals surface area contributed by atoms with E-state index in [0.717, 1.165) is 12.8 Å². The van der Waals surface area contributed by atoms with Gasteiger partial charge in [-0.05, 0) is 19.3 Å². The standard InChI is InChI=1S/C14H20O5/c1-18-12-9-11(15)14(17)10(12)7-5-3-4-6-8-13(16)19-2/h3,5,11,15H,4,6-9H2,1-2H3/b5-3-. The molecule has 1 atom stereocenters. The van der Waals surface area contributed by atoms with Gasteiger partial charge in [-0.25, -0.2) is 0 Å². The molecule has 0 aromatic rings. The summed E-state index contributed by atoms with van der Waals surface area (Å²) in [6.45, 7) is 0. The van der Waals surface area contributed by atoms with Crippen LogP contribution in [0.5, 0.6) is 0 Å². The maximum Gasteiger partial charge on any atom is 0.305 e. The lowest BCUT2D eigenvalue weighted by Gasteiger charge is -2.01. The number of aliphatic hydroxyl groups is 1. The second-order valence-corrected chi connectivity index (χ2v) is 4.33. The van der Waals surface area contributed by atoms with Crippen LogP contribution in [0.25, 0.3) is 0 Å². The van der Waals surface area contributed by atoms with Gasteiger partial charge in [0.15, 0.2) is 5.78 Å². The second-order valence-electron chi connectivity index (χ2n) is 4.33. The minimum Gasteiger partial charge on any atom is -0.501 e. The predicted molar refractivity (Wildman–Crippen MR) is 69.3 cm³/mol. The van der Waals surface area contributed by atoms with Crippen molar-refractivity contribution in [1.82, 2.24) is 0 Å². The van der Waals surface area contributed by atoms with E-state index in [-0.39, 0.29) is 18.2 Å². The van der Waals surface area contributed by atoms with Crippen molar-refractivity contribution in [3.8, 4) is 0 Å². The number of ether oxygens (including phenoxy) is 2. The molecule has 1 aliphatic rings. The molecule has 0 radical (unpaired) electrons. The van der Waals surface area contributed by atoms with Crippen LogP contribution in [0, 0.1) is 0 Å². The Kier molecular flexibility index (Phi) is 6.29. The third kappa shape index (κ3) is 4.52. The number of Topliss-reactive ketones (excluding diaryl/α,β-unsaturated/α-hetero) is 1. The van der Waals surface area contributed by atoms with Crippen LogP contribution >= 0.6 is 0 Å². The van der Waals surface area contributed by atoms with Crippen LogP contribution in [0.2, 0.25) is 0 Å². The summed E-state index contributed by atoms with van der Waals surface area (Å²) in [5.74, 6) is 0.0969. The van der Waals surface area contributed by atoms with Gasteiger partial charge in [-0.1, -0.05) is 12.2 Å². The Hall–Kier alpha value is -1.62. The fraction of sp³-hybridized carbons (Fsp3) is 0.571. The summed E-state index contributed by atoms with van der Waals surface area (Å²) in [6, 6.07) is 0. The van der Waals surface area contributed by atoms with E-state index in [1.54, 1.807) is 0 Å². The maximum absolute atomic E-state index is 11.6. The van der Waals surface area contributed by atoms with Crippen molar-refractivity contribution in [2.24, 2.45) is 0 Å². The van der Waals surface area contributed by atoms with Crippen LogP contribution in [-0.2, 0) is 19.1 Å². The number of hydrogen-bond donors (Lipinski definition) is 1. The highest BCUT2D eigenvalue weighted by Crippen LogP contribution is 2.26. The smallest absolute Gasteiger partial charge is 0.305 e. The largest absolute Gasteiger partial charge is 0.501 e. The predicted octanol–water partition coefficient (Wildman–Crippen LogP) is 1.51. The van der Waals surface area contributed by atoms with Crippen molar-refractivity contribution in [1.29, 1.82) is 0 Å². The fourth-order valence-electron chi connectivity index (χ4n) is 1.94. The van der Waals surface area contributed by atoms with Crippen LogP contribution in [0.3, 0.4) is 0 Å². The molecule has 5 nitrogen and oxygen atoms in total. The molecule has 0 bridgehead atoms. The summed E-state index contributed by atoms with van der Waals surface area (Å²) in [5.41, 5.74) is 0.541. The number of carbonyl (C=O) groups excluding carboxylic acids is 2. The summed E-state index contributed by atoms with van der Waals surface area (Å²) in [6.07, 6.45) is 5.40. The first-order valence-electron chi connectivity index (χ1n) is 6.30. The molecule has 0 heterocycles. The van der Waals surface area contributed by atoms with E-state index in [0.29, 0.717) is 24.2 Å². The lowest BCUT2D eigenvalue weighted by atomic mass is 10.1. The molecule has 0 fully saturated rings. The zero-order valence-electron chi connectivity index (χ0n) is 11.3. The zero-order valence-corrected chi connectivity index (χ0v) is 11.3. The number of rotatable bonds is 7. The molecule has 0 aromatic carbocycles. The normalized spacial score (nSPS) is 19.3. The summed E-state index contributed by atoms with van der Waals surface area (Å²) in [7, 11) is 2.87. The van der Waals surface area contributed by atoms with Gasteiger partial charge in [0, 0.05) is 18.4 Å². The lowest BCUT2D eigenvalue weighted by molar-refractivity contribution is -0.140. The number of hydrogen-bond acceptors (Lipinski definition) is 5. The Morgan fingerprint density at radius 2 is 2.16 bits per heavy atom. The van der Waals surface area contributed by atoms with Gasteiger partial charge >= 0.3 is 5.97 Å². The van der Waals surface area contributed by atoms with Gasteiger partial charge in [0.25, 0.3) is 0 Å². The van der Waals surface area contributed by atoms with Gasteiger partial charge in [-0.3, -0.25) is 9.59 Å². The van der Waals surface area contributed by atoms with Gasteiger partial charge in [0.2, 0.25) is 0 Å². The van der Waals surface area contributed by atoms with Crippen molar-refractivity contribution < 1.29 is 24.2 Å². The SMILES string of the molecule is COC(=O)CCC/C=C\CC1=C(OC)CC(O)C1=O. The second kappa shape index (κ2) is 7.74. The van der Waals surface area contributed by atoms with Crippen molar-refractivity contribution in [2.45, 2.75) is 38.2 Å². The molecule has 0 aromatic heterocycles. The van der Waals surface area contributed by atoms with E-state index < -0.39 is 6.10 Å². The molecule has 0 saturated carbocycles. The van der Waals surface area contributed by atoms with E-state index in [4.69, 9.17) is 4.74 Å². The first kappa shape index (κ1) is 15.4. The van der Waals surface area contributed by atoms with Crippen molar-refractivity contribution in [2.75, 3.05) is 14.2 Å². The third-order valence-electron chi connectivity index (χ3n) is 3.03. The highest BCUT2D eigenvalue weighted by atomic mass is 16.5. The molecule has 0 saturated heterocycles. The number of allylic oxidation sites excluding steroid dienone is 2. The molecule has 0 amide bonds. The van der Waals surface area contributed by atoms with E-state index in [1.165, 1.54) is 14.2 Å². The minimum absolute atomic E-state index is 0.216. The molecule has 5 heteroatoms. The highest BCUT2D eigenvalue weighted by Gasteiger charge is 2.31. The molecule has 1 unspecified atom stereocenters. The van der Waals surface area contributed by atoms with Crippen molar-refractivity contribution >= 4 is 11.8 Å². The number of methoxy groups -OCH3 is 2. The van der Waals surface area contributed by atoms with E-state index >= 15 is 0 Å². The van der Waals surface area contributed by atoms with Gasteiger partial charge in [0.05, 0.1) is 14.2 Å². The third-order valence-corrected chi connectivity index (χ3v) is 3.03. The fourth-order valence-corrected chi connectivity index (χ4v) is 1.94. The topological polar surface area (TPSA) is 72.8 Å². The minimum atomic E-state index is -0.960. The first-order valence-corrected chi connectivity index (χ1v) is 6.30. The Labute approximate surface area is 112 Å². The quantitative estimate of drug-likeness (QED) is 0.430. The van der Waals surface area contributed by atoms with Crippen LogP contribution in [0.4, 0.5) is 0 Å². The Bertz CT molecular complexity index is 395. The van der Waals surface area contributed by atoms with E-state index in [9.17, 15) is 14.7 Å². The van der Waals surface area contributed by atoms with E-state index in [1.807, 2.05) is 12.2 Å². The van der Waals surface area contributed by atoms with Gasteiger partial charge in [-0.15, -0.1) is 0 Å². The molecule has 1 rings (SSSR count). The lowest BCUT2D eigenvalue weighted by Crippen LogP contribution is -2.14. The molecule has 106 valence electrons. The molecule has 1 N–H and O–H groups in total. The Balaban J connectivity index is 2.35. The van der Waals surface area contributed by atoms with Crippen molar-refractivity contribution in [3.05, 3.63) is 23.5 Å². The summed E-state index contributed by atoms with van der Waals surface area (Å²) in [4.78, 5) is 22.5. The van der Waals surface area contributed by atoms with Crippen LogP contribution in [-0.4, -0.2) is 37.2 Å². The van der Waals surface area contributed by atoms with Crippen LogP contribution in [0.15, 0.2) is 23.5 Å². The number of ketones is 1. The molecule has 0 aliphatic heterocycles. The number of aliphatic hydroxyl groups excluding tert-OH is 1. The van der Waals surface area contributed by atoms with Crippen molar-refractivity contribution in [3.63, 3.8) is 0 Å². The van der Waals surface area contributed by atoms with Gasteiger partial charge in [0.1, 0.15) is 11.9 Å². The number of carbonyl (C=O) groups is 2. The molecule has 1 aliphatic carbocycles. The van der Waals surface area contributed by atoms with E-state index in [2.05, 4.69) is 4.74 Å². The highest BCUT2D eigenvalue weighted by molar-refractivity contribution is 6.01. The maximum atomic E-state index is 11.6. The summed E-state index contributed by atoms with van der Waals surface area (Å²) in [5, 5.41) is 9.45. The molecule has 0 spiro atoms. The summed E-state index contributed by atoms with van der Waals surface area (Å²) >= 11 is 0. The van der Waals surface area contributed by atoms with Gasteiger partial charge in [-0.2, -0.15) is 0 Å². The number of unbranched alkanes of at least 4 members (excludes halogenated alkanes) is 1. The van der Waals surface area contributed by atoms with Gasteiger partial charge < -0.3 is 14.6 Å². The first-order chi connectivity index (χ1) is 9.10. The average molecular weight is 268 g/mol. The molecule has 19 heavy (non-hydrogen) atoms. The zero-order chi connectivity index (χ0) is 14.3. The summed E-state index contributed by atoms with van der Waals surface area (Å²) < 4.78 is 9.63. The monoisotopic (exact) mass is 268 g/mol. The van der Waals surface area contributed by atoms with Crippen LogP contribution in [0.1, 0.15) is 32.1 Å². The Morgan fingerprint density at radius 3 is 2.79 bits per heavy atom. The van der Waals surface area contributed by atoms with Crippen LogP contribution < -0.4 is 0 Å². The average Bonchev–Trinajstić information content (AvgIpc) is 2.69. The number of esters is 1. The molecular weight excluding hydrogens is 248 g/mol.